The largest absolute Gasteiger partial charge is 0.491 e. The van der Waals surface area contributed by atoms with E-state index in [9.17, 15) is 9.90 Å². The van der Waals surface area contributed by atoms with Gasteiger partial charge in [0.05, 0.1) is 31.9 Å². The highest BCUT2D eigenvalue weighted by Gasteiger charge is 2.33. The number of rotatable bonds is 13. The fraction of sp³-hybridized carbons (Fsp3) is 0.423. The minimum Gasteiger partial charge on any atom is -0.491 e. The van der Waals surface area contributed by atoms with E-state index in [1.165, 1.54) is 16.0 Å². The number of nitrogens with zero attached hydrogens (tertiary/aromatic N) is 2. The number of aliphatic hydroxyl groups excluding tert-OH is 1. The van der Waals surface area contributed by atoms with Crippen LogP contribution in [0.2, 0.25) is 0 Å². The highest BCUT2D eigenvalue weighted by Crippen LogP contribution is 2.34. The summed E-state index contributed by atoms with van der Waals surface area (Å²) in [4.78, 5) is 18.5. The number of hydrogen-bond donors (Lipinski definition) is 1. The lowest BCUT2D eigenvalue weighted by Gasteiger charge is -2.37. The van der Waals surface area contributed by atoms with Gasteiger partial charge in [-0.3, -0.25) is 9.69 Å². The van der Waals surface area contributed by atoms with Crippen LogP contribution >= 0.6 is 11.3 Å². The maximum Gasteiger partial charge on any atom is 0.237 e. The number of fused-ring (bicyclic) bond motifs is 1. The third-order valence-corrected chi connectivity index (χ3v) is 6.60. The maximum atomic E-state index is 13.4. The molecule has 2 unspecified atom stereocenters. The third-order valence-electron chi connectivity index (χ3n) is 5.61. The third kappa shape index (κ3) is 7.27. The molecular weight excluding hydrogens is 436 g/mol. The average Bonchev–Trinajstić information content (AvgIpc) is 3.28. The predicted octanol–water partition coefficient (Wildman–Crippen LogP) is 3.61. The van der Waals surface area contributed by atoms with Crippen LogP contribution in [0, 0.1) is 6.92 Å². The lowest BCUT2D eigenvalue weighted by molar-refractivity contribution is -0.136. The molecule has 1 amide bonds. The average molecular weight is 471 g/mol. The Morgan fingerprint density at radius 2 is 2.09 bits per heavy atom. The molecule has 0 bridgehead atoms. The lowest BCUT2D eigenvalue weighted by atomic mass is 10.0. The van der Waals surface area contributed by atoms with Crippen LogP contribution in [0.1, 0.15) is 22.0 Å². The normalized spacial score (nSPS) is 16.3. The summed E-state index contributed by atoms with van der Waals surface area (Å²) in [6.45, 7) is 12.1. The summed E-state index contributed by atoms with van der Waals surface area (Å²) in [6.07, 6.45) is 3.55. The van der Waals surface area contributed by atoms with E-state index >= 15 is 0 Å². The lowest BCUT2D eigenvalue weighted by Crippen LogP contribution is -2.48. The van der Waals surface area contributed by atoms with E-state index in [1.54, 1.807) is 23.5 Å². The van der Waals surface area contributed by atoms with Crippen molar-refractivity contribution in [3.05, 3.63) is 77.0 Å². The number of ether oxygens (including phenoxy) is 2. The summed E-state index contributed by atoms with van der Waals surface area (Å²) in [7, 11) is 0. The minimum atomic E-state index is -0.691. The molecule has 7 heteroatoms. The Bertz CT molecular complexity index is 911. The maximum absolute atomic E-state index is 13.4. The topological polar surface area (TPSA) is 62.2 Å². The monoisotopic (exact) mass is 470 g/mol. The highest BCUT2D eigenvalue weighted by atomic mass is 32.1. The van der Waals surface area contributed by atoms with Crippen LogP contribution in [0.3, 0.4) is 0 Å². The molecule has 0 saturated carbocycles. The number of thiophene rings is 1. The van der Waals surface area contributed by atoms with Crippen molar-refractivity contribution in [1.82, 2.24) is 9.80 Å². The molecular formula is C26H34N2O4S. The number of benzene rings is 1. The molecule has 0 aliphatic carbocycles. The molecule has 0 radical (unpaired) electrons. The molecule has 2 atom stereocenters. The Hall–Kier alpha value is -2.45. The van der Waals surface area contributed by atoms with Gasteiger partial charge < -0.3 is 19.5 Å². The van der Waals surface area contributed by atoms with Crippen molar-refractivity contribution in [2.45, 2.75) is 25.5 Å². The van der Waals surface area contributed by atoms with Gasteiger partial charge in [-0.25, -0.2) is 0 Å². The van der Waals surface area contributed by atoms with Gasteiger partial charge in [0, 0.05) is 24.5 Å². The van der Waals surface area contributed by atoms with Crippen molar-refractivity contribution in [2.24, 2.45) is 0 Å². The van der Waals surface area contributed by atoms with E-state index in [0.29, 0.717) is 32.8 Å². The van der Waals surface area contributed by atoms with Gasteiger partial charge in [-0.15, -0.1) is 24.5 Å². The Balaban J connectivity index is 1.67. The molecule has 1 N–H and O–H groups in total. The summed E-state index contributed by atoms with van der Waals surface area (Å²) in [6, 6.07) is 9.92. The van der Waals surface area contributed by atoms with Crippen LogP contribution in [0.25, 0.3) is 0 Å². The van der Waals surface area contributed by atoms with E-state index < -0.39 is 6.10 Å². The molecule has 1 aromatic carbocycles. The van der Waals surface area contributed by atoms with E-state index in [1.807, 2.05) is 41.0 Å². The Kier molecular flexibility index (Phi) is 9.69. The van der Waals surface area contributed by atoms with Crippen LogP contribution < -0.4 is 4.74 Å². The number of carbonyl (C=O) groups is 1. The van der Waals surface area contributed by atoms with Crippen molar-refractivity contribution in [2.75, 3.05) is 46.0 Å². The van der Waals surface area contributed by atoms with Gasteiger partial charge in [0.25, 0.3) is 0 Å². The molecule has 1 aromatic heterocycles. The number of carbonyl (C=O) groups excluding carboxylic acids is 1. The zero-order chi connectivity index (χ0) is 23.6. The number of aliphatic hydroxyl groups is 1. The van der Waals surface area contributed by atoms with E-state index in [4.69, 9.17) is 9.47 Å². The summed E-state index contributed by atoms with van der Waals surface area (Å²) < 4.78 is 11.4. The number of hydrogen-bond acceptors (Lipinski definition) is 6. The van der Waals surface area contributed by atoms with Gasteiger partial charge >= 0.3 is 0 Å². The van der Waals surface area contributed by atoms with Crippen LogP contribution in [-0.2, 0) is 16.0 Å². The van der Waals surface area contributed by atoms with Crippen LogP contribution in [0.15, 0.2) is 61.0 Å². The molecule has 3 rings (SSSR count). The summed E-state index contributed by atoms with van der Waals surface area (Å²) in [5, 5.41) is 12.4. The Labute approximate surface area is 200 Å². The van der Waals surface area contributed by atoms with Crippen molar-refractivity contribution < 1.29 is 19.4 Å². The van der Waals surface area contributed by atoms with Crippen LogP contribution in [0.4, 0.5) is 0 Å². The van der Waals surface area contributed by atoms with Crippen molar-refractivity contribution in [1.29, 1.82) is 0 Å². The van der Waals surface area contributed by atoms with Gasteiger partial charge in [-0.05, 0) is 42.5 Å². The first-order chi connectivity index (χ1) is 16.0. The minimum absolute atomic E-state index is 0.0189. The molecule has 0 saturated heterocycles. The fourth-order valence-electron chi connectivity index (χ4n) is 3.99. The second-order valence-electron chi connectivity index (χ2n) is 8.24. The SMILES string of the molecule is C=CCOCC(O)CN(CC=C)CC(=O)N1CCc2sccc2C1COc1ccc(C)cc1. The summed E-state index contributed by atoms with van der Waals surface area (Å²) >= 11 is 1.74. The molecule has 33 heavy (non-hydrogen) atoms. The molecule has 0 spiro atoms. The number of amides is 1. The van der Waals surface area contributed by atoms with Crippen molar-refractivity contribution >= 4 is 17.2 Å². The van der Waals surface area contributed by atoms with E-state index in [-0.39, 0.29) is 25.1 Å². The zero-order valence-corrected chi connectivity index (χ0v) is 20.1. The first-order valence-corrected chi connectivity index (χ1v) is 12.1. The van der Waals surface area contributed by atoms with Gasteiger partial charge in [-0.2, -0.15) is 0 Å². The molecule has 2 heterocycles. The highest BCUT2D eigenvalue weighted by molar-refractivity contribution is 7.10. The van der Waals surface area contributed by atoms with Crippen LogP contribution in [0.5, 0.6) is 5.75 Å². The molecule has 1 aliphatic heterocycles. The van der Waals surface area contributed by atoms with Gasteiger partial charge in [0.15, 0.2) is 0 Å². The molecule has 178 valence electrons. The summed E-state index contributed by atoms with van der Waals surface area (Å²) in [5.74, 6) is 0.816. The first kappa shape index (κ1) is 25.2. The molecule has 0 fully saturated rings. The Morgan fingerprint density at radius 3 is 2.82 bits per heavy atom. The standard InChI is InChI=1S/C26H34N2O4S/c1-4-12-27(16-21(29)18-31-14-5-2)17-26(30)28-13-10-25-23(11-15-33-25)24(28)19-32-22-8-6-20(3)7-9-22/h4-9,11,15,21,24,29H,1-2,10,12-14,16-19H2,3H3. The van der Waals surface area contributed by atoms with Gasteiger partial charge in [-0.1, -0.05) is 29.8 Å². The predicted molar refractivity (Wildman–Crippen MR) is 133 cm³/mol. The quantitative estimate of drug-likeness (QED) is 0.358. The van der Waals surface area contributed by atoms with Crippen LogP contribution in [-0.4, -0.2) is 72.9 Å². The van der Waals surface area contributed by atoms with Gasteiger partial charge in [0.1, 0.15) is 12.4 Å². The molecule has 6 nitrogen and oxygen atoms in total. The zero-order valence-electron chi connectivity index (χ0n) is 19.3. The number of aryl methyl sites for hydroxylation is 1. The van der Waals surface area contributed by atoms with Crippen molar-refractivity contribution in [3.8, 4) is 5.75 Å². The van der Waals surface area contributed by atoms with E-state index in [2.05, 4.69) is 24.6 Å². The summed E-state index contributed by atoms with van der Waals surface area (Å²) in [5.41, 5.74) is 2.34. The van der Waals surface area contributed by atoms with Gasteiger partial charge in [0.2, 0.25) is 5.91 Å². The second kappa shape index (κ2) is 12.7. The van der Waals surface area contributed by atoms with Crippen molar-refractivity contribution in [3.63, 3.8) is 0 Å². The van der Waals surface area contributed by atoms with E-state index in [0.717, 1.165) is 12.2 Å². The smallest absolute Gasteiger partial charge is 0.237 e. The first-order valence-electron chi connectivity index (χ1n) is 11.3. The Morgan fingerprint density at radius 1 is 1.30 bits per heavy atom. The molecule has 2 aromatic rings. The fourth-order valence-corrected chi connectivity index (χ4v) is 4.92. The molecule has 1 aliphatic rings. The second-order valence-corrected chi connectivity index (χ2v) is 9.24.